The van der Waals surface area contributed by atoms with Gasteiger partial charge in [0.05, 0.1) is 0 Å². The summed E-state index contributed by atoms with van der Waals surface area (Å²) in [4.78, 5) is 0. The van der Waals surface area contributed by atoms with Crippen LogP contribution in [0.2, 0.25) is 0 Å². The van der Waals surface area contributed by atoms with Gasteiger partial charge in [-0.1, -0.05) is 31.4 Å². The third-order valence-electron chi connectivity index (χ3n) is 4.71. The first kappa shape index (κ1) is 13.0. The summed E-state index contributed by atoms with van der Waals surface area (Å²) >= 11 is 0. The van der Waals surface area contributed by atoms with Crippen molar-refractivity contribution in [2.45, 2.75) is 57.6 Å². The summed E-state index contributed by atoms with van der Waals surface area (Å²) in [5, 5.41) is 3.55. The molecule has 0 bridgehead atoms. The Morgan fingerprint density at radius 2 is 2.00 bits per heavy atom. The Morgan fingerprint density at radius 1 is 1.21 bits per heavy atom. The van der Waals surface area contributed by atoms with Crippen LogP contribution in [0.15, 0.2) is 18.2 Å². The van der Waals surface area contributed by atoms with Crippen molar-refractivity contribution < 1.29 is 4.74 Å². The highest BCUT2D eigenvalue weighted by Crippen LogP contribution is 2.37. The van der Waals surface area contributed by atoms with Crippen molar-refractivity contribution in [2.75, 3.05) is 7.05 Å². The minimum atomic E-state index is 0.341. The summed E-state index contributed by atoms with van der Waals surface area (Å²) in [5.41, 5.74) is 2.84. The summed E-state index contributed by atoms with van der Waals surface area (Å²) in [6.45, 7) is 2.15. The molecule has 19 heavy (non-hydrogen) atoms. The summed E-state index contributed by atoms with van der Waals surface area (Å²) < 4.78 is 5.80. The number of ether oxygens (including phenoxy) is 1. The first-order chi connectivity index (χ1) is 9.28. The van der Waals surface area contributed by atoms with E-state index in [-0.39, 0.29) is 0 Å². The Bertz CT molecular complexity index is 437. The van der Waals surface area contributed by atoms with Crippen LogP contribution < -0.4 is 10.1 Å². The van der Waals surface area contributed by atoms with Crippen LogP contribution in [0.3, 0.4) is 0 Å². The zero-order valence-corrected chi connectivity index (χ0v) is 12.1. The SMILES string of the molecule is CNC(c1ccc2c(c1)CC(C)O2)C1CCCCC1. The fraction of sp³-hybridized carbons (Fsp3) is 0.647. The maximum Gasteiger partial charge on any atom is 0.123 e. The molecule has 2 heteroatoms. The smallest absolute Gasteiger partial charge is 0.123 e. The molecule has 0 amide bonds. The minimum Gasteiger partial charge on any atom is -0.490 e. The first-order valence-corrected chi connectivity index (χ1v) is 7.74. The van der Waals surface area contributed by atoms with Crippen LogP contribution in [0.1, 0.15) is 56.2 Å². The summed E-state index contributed by atoms with van der Waals surface area (Å²) in [5.74, 6) is 1.89. The molecular formula is C17H25NO. The summed E-state index contributed by atoms with van der Waals surface area (Å²) in [7, 11) is 2.10. The molecule has 0 radical (unpaired) electrons. The Kier molecular flexibility index (Phi) is 3.79. The Morgan fingerprint density at radius 3 is 2.74 bits per heavy atom. The van der Waals surface area contributed by atoms with Crippen molar-refractivity contribution in [3.05, 3.63) is 29.3 Å². The number of rotatable bonds is 3. The van der Waals surface area contributed by atoms with E-state index in [0.717, 1.165) is 18.1 Å². The fourth-order valence-corrected chi connectivity index (χ4v) is 3.78. The number of nitrogens with one attached hydrogen (secondary N) is 1. The normalized spacial score (nSPS) is 24.8. The van der Waals surface area contributed by atoms with Crippen LogP contribution in [-0.2, 0) is 6.42 Å². The second-order valence-electron chi connectivity index (χ2n) is 6.16. The molecule has 104 valence electrons. The van der Waals surface area contributed by atoms with Crippen molar-refractivity contribution in [2.24, 2.45) is 5.92 Å². The van der Waals surface area contributed by atoms with E-state index in [1.54, 1.807) is 0 Å². The van der Waals surface area contributed by atoms with Gasteiger partial charge in [0.2, 0.25) is 0 Å². The van der Waals surface area contributed by atoms with E-state index in [1.165, 1.54) is 43.2 Å². The van der Waals surface area contributed by atoms with Gasteiger partial charge in [-0.15, -0.1) is 0 Å². The molecule has 0 aromatic heterocycles. The molecular weight excluding hydrogens is 234 g/mol. The van der Waals surface area contributed by atoms with Crippen LogP contribution in [0.4, 0.5) is 0 Å². The third kappa shape index (κ3) is 2.64. The van der Waals surface area contributed by atoms with Crippen LogP contribution >= 0.6 is 0 Å². The largest absolute Gasteiger partial charge is 0.490 e. The minimum absolute atomic E-state index is 0.341. The highest BCUT2D eigenvalue weighted by Gasteiger charge is 2.26. The van der Waals surface area contributed by atoms with Crippen molar-refractivity contribution in [1.82, 2.24) is 5.32 Å². The van der Waals surface area contributed by atoms with E-state index >= 15 is 0 Å². The van der Waals surface area contributed by atoms with Gasteiger partial charge in [-0.2, -0.15) is 0 Å². The summed E-state index contributed by atoms with van der Waals surface area (Å²) in [6.07, 6.45) is 8.35. The zero-order valence-electron chi connectivity index (χ0n) is 12.1. The lowest BCUT2D eigenvalue weighted by atomic mass is 9.81. The lowest BCUT2D eigenvalue weighted by molar-refractivity contribution is 0.254. The van der Waals surface area contributed by atoms with Crippen LogP contribution in [0.25, 0.3) is 0 Å². The number of hydrogen-bond acceptors (Lipinski definition) is 2. The molecule has 1 aromatic carbocycles. The van der Waals surface area contributed by atoms with Gasteiger partial charge in [0.25, 0.3) is 0 Å². The van der Waals surface area contributed by atoms with Crippen molar-refractivity contribution in [1.29, 1.82) is 0 Å². The molecule has 1 aliphatic heterocycles. The lowest BCUT2D eigenvalue weighted by Crippen LogP contribution is -2.27. The van der Waals surface area contributed by atoms with E-state index in [0.29, 0.717) is 12.1 Å². The topological polar surface area (TPSA) is 21.3 Å². The van der Waals surface area contributed by atoms with Crippen LogP contribution in [-0.4, -0.2) is 13.2 Å². The molecule has 2 unspecified atom stereocenters. The van der Waals surface area contributed by atoms with Crippen molar-refractivity contribution in [3.63, 3.8) is 0 Å². The number of fused-ring (bicyclic) bond motifs is 1. The van der Waals surface area contributed by atoms with Crippen LogP contribution in [0.5, 0.6) is 5.75 Å². The molecule has 1 aliphatic carbocycles. The van der Waals surface area contributed by atoms with Gasteiger partial charge in [-0.05, 0) is 49.9 Å². The summed E-state index contributed by atoms with van der Waals surface area (Å²) in [6, 6.07) is 7.31. The third-order valence-corrected chi connectivity index (χ3v) is 4.71. The zero-order chi connectivity index (χ0) is 13.2. The predicted octanol–water partition coefficient (Wildman–Crippen LogP) is 3.85. The molecule has 1 N–H and O–H groups in total. The molecule has 0 spiro atoms. The van der Waals surface area contributed by atoms with E-state index < -0.39 is 0 Å². The van der Waals surface area contributed by atoms with E-state index in [4.69, 9.17) is 4.74 Å². The maximum atomic E-state index is 5.80. The van der Waals surface area contributed by atoms with Crippen LogP contribution in [0, 0.1) is 5.92 Å². The quantitative estimate of drug-likeness (QED) is 0.890. The van der Waals surface area contributed by atoms with Crippen molar-refractivity contribution in [3.8, 4) is 5.75 Å². The van der Waals surface area contributed by atoms with Crippen molar-refractivity contribution >= 4 is 0 Å². The molecule has 1 fully saturated rings. The highest BCUT2D eigenvalue weighted by atomic mass is 16.5. The van der Waals surface area contributed by atoms with Gasteiger partial charge in [0.15, 0.2) is 0 Å². The monoisotopic (exact) mass is 259 g/mol. The van der Waals surface area contributed by atoms with Gasteiger partial charge >= 0.3 is 0 Å². The Labute approximate surface area is 116 Å². The lowest BCUT2D eigenvalue weighted by Gasteiger charge is -2.30. The van der Waals surface area contributed by atoms with Gasteiger partial charge in [-0.3, -0.25) is 0 Å². The Hall–Kier alpha value is -1.02. The van der Waals surface area contributed by atoms with E-state index in [9.17, 15) is 0 Å². The maximum absolute atomic E-state index is 5.80. The van der Waals surface area contributed by atoms with Gasteiger partial charge in [-0.25, -0.2) is 0 Å². The molecule has 2 nitrogen and oxygen atoms in total. The standard InChI is InChI=1S/C17H25NO/c1-12-10-15-11-14(8-9-16(15)19-12)17(18-2)13-6-4-3-5-7-13/h8-9,11-13,17-18H,3-7,10H2,1-2H3. The van der Waals surface area contributed by atoms with E-state index in [1.807, 2.05) is 0 Å². The molecule has 2 atom stereocenters. The van der Waals surface area contributed by atoms with Gasteiger partial charge in [0, 0.05) is 12.5 Å². The predicted molar refractivity (Wildman–Crippen MR) is 78.6 cm³/mol. The second kappa shape index (κ2) is 5.54. The molecule has 3 rings (SSSR count). The first-order valence-electron chi connectivity index (χ1n) is 7.74. The number of benzene rings is 1. The molecule has 2 aliphatic rings. The molecule has 1 saturated carbocycles. The molecule has 0 saturated heterocycles. The fourth-order valence-electron chi connectivity index (χ4n) is 3.78. The Balaban J connectivity index is 1.81. The highest BCUT2D eigenvalue weighted by molar-refractivity contribution is 5.41. The second-order valence-corrected chi connectivity index (χ2v) is 6.16. The number of hydrogen-bond donors (Lipinski definition) is 1. The average Bonchev–Trinajstić information content (AvgIpc) is 2.80. The van der Waals surface area contributed by atoms with Gasteiger partial charge in [0.1, 0.15) is 11.9 Å². The molecule has 1 aromatic rings. The molecule has 1 heterocycles. The average molecular weight is 259 g/mol. The van der Waals surface area contributed by atoms with Gasteiger partial charge < -0.3 is 10.1 Å². The van der Waals surface area contributed by atoms with E-state index in [2.05, 4.69) is 37.5 Å².